The standard InChI is InChI=1S/C6H10OS/c1-6(2)5(3-7)4-8-6/h3,5H,4H2,1-2H3. The minimum atomic E-state index is 0.238. The van der Waals surface area contributed by atoms with Crippen molar-refractivity contribution in [1.29, 1.82) is 0 Å². The minimum absolute atomic E-state index is 0.238. The molecule has 1 nitrogen and oxygen atoms in total. The highest BCUT2D eigenvalue weighted by molar-refractivity contribution is 8.02. The zero-order chi connectivity index (χ0) is 6.20. The van der Waals surface area contributed by atoms with E-state index in [4.69, 9.17) is 0 Å². The smallest absolute Gasteiger partial charge is 0.125 e. The van der Waals surface area contributed by atoms with E-state index in [9.17, 15) is 4.79 Å². The molecule has 0 aliphatic carbocycles. The first-order chi connectivity index (χ1) is 3.67. The summed E-state index contributed by atoms with van der Waals surface area (Å²) in [6, 6.07) is 0. The summed E-state index contributed by atoms with van der Waals surface area (Å²) in [4.78, 5) is 10.2. The van der Waals surface area contributed by atoms with Gasteiger partial charge in [0.2, 0.25) is 0 Å². The van der Waals surface area contributed by atoms with Crippen LogP contribution in [-0.2, 0) is 4.79 Å². The average molecular weight is 130 g/mol. The Labute approximate surface area is 53.8 Å². The maximum atomic E-state index is 10.2. The van der Waals surface area contributed by atoms with Crippen molar-refractivity contribution in [3.05, 3.63) is 0 Å². The van der Waals surface area contributed by atoms with E-state index in [2.05, 4.69) is 13.8 Å². The quantitative estimate of drug-likeness (QED) is 0.498. The fourth-order valence-electron chi connectivity index (χ4n) is 0.716. The summed E-state index contributed by atoms with van der Waals surface area (Å²) in [5.41, 5.74) is 0. The lowest BCUT2D eigenvalue weighted by Gasteiger charge is -2.39. The molecule has 1 atom stereocenters. The molecule has 1 aliphatic heterocycles. The number of hydrogen-bond acceptors (Lipinski definition) is 2. The third kappa shape index (κ3) is 0.772. The van der Waals surface area contributed by atoms with Gasteiger partial charge in [-0.1, -0.05) is 0 Å². The van der Waals surface area contributed by atoms with Crippen molar-refractivity contribution >= 4 is 18.0 Å². The summed E-state index contributed by atoms with van der Waals surface area (Å²) in [5, 5.41) is 0. The molecule has 8 heavy (non-hydrogen) atoms. The van der Waals surface area contributed by atoms with Crippen LogP contribution in [0.4, 0.5) is 0 Å². The zero-order valence-corrected chi connectivity index (χ0v) is 5.99. The van der Waals surface area contributed by atoms with Crippen LogP contribution in [-0.4, -0.2) is 16.8 Å². The van der Waals surface area contributed by atoms with Crippen LogP contribution >= 0.6 is 11.8 Å². The van der Waals surface area contributed by atoms with Gasteiger partial charge < -0.3 is 4.79 Å². The predicted molar refractivity (Wildman–Crippen MR) is 36.1 cm³/mol. The van der Waals surface area contributed by atoms with Crippen molar-refractivity contribution in [2.75, 3.05) is 5.75 Å². The fourth-order valence-corrected chi connectivity index (χ4v) is 1.88. The van der Waals surface area contributed by atoms with E-state index < -0.39 is 0 Å². The molecule has 1 aliphatic rings. The molecule has 0 spiro atoms. The highest BCUT2D eigenvalue weighted by Crippen LogP contribution is 2.43. The fraction of sp³-hybridized carbons (Fsp3) is 0.833. The maximum absolute atomic E-state index is 10.2. The summed E-state index contributed by atoms with van der Waals surface area (Å²) in [6.07, 6.45) is 1.07. The Balaban J connectivity index is 2.49. The van der Waals surface area contributed by atoms with E-state index in [1.165, 1.54) is 0 Å². The van der Waals surface area contributed by atoms with Crippen LogP contribution in [0.15, 0.2) is 0 Å². The van der Waals surface area contributed by atoms with Gasteiger partial charge in [-0.05, 0) is 13.8 Å². The molecule has 1 heterocycles. The minimum Gasteiger partial charge on any atom is -0.303 e. The molecule has 0 aromatic heterocycles. The van der Waals surface area contributed by atoms with Crippen LogP contribution in [0.2, 0.25) is 0 Å². The molecule has 0 amide bonds. The summed E-state index contributed by atoms with van der Waals surface area (Å²) >= 11 is 1.86. The SMILES string of the molecule is CC1(C)SCC1C=O. The van der Waals surface area contributed by atoms with E-state index >= 15 is 0 Å². The van der Waals surface area contributed by atoms with E-state index in [-0.39, 0.29) is 4.75 Å². The van der Waals surface area contributed by atoms with E-state index in [0.29, 0.717) is 5.92 Å². The normalized spacial score (nSPS) is 33.5. The van der Waals surface area contributed by atoms with Gasteiger partial charge in [0.05, 0.1) is 0 Å². The summed E-state index contributed by atoms with van der Waals surface area (Å²) in [7, 11) is 0. The molecule has 1 unspecified atom stereocenters. The summed E-state index contributed by atoms with van der Waals surface area (Å²) in [5.74, 6) is 1.34. The molecule has 0 aromatic carbocycles. The van der Waals surface area contributed by atoms with Gasteiger partial charge in [-0.2, -0.15) is 11.8 Å². The van der Waals surface area contributed by atoms with Crippen molar-refractivity contribution in [1.82, 2.24) is 0 Å². The Bertz CT molecular complexity index is 109. The van der Waals surface area contributed by atoms with E-state index in [1.54, 1.807) is 0 Å². The van der Waals surface area contributed by atoms with Crippen molar-refractivity contribution in [3.63, 3.8) is 0 Å². The van der Waals surface area contributed by atoms with Gasteiger partial charge in [-0.15, -0.1) is 0 Å². The van der Waals surface area contributed by atoms with Crippen LogP contribution in [0, 0.1) is 5.92 Å². The Kier molecular flexibility index (Phi) is 1.35. The first kappa shape index (κ1) is 6.14. The maximum Gasteiger partial charge on any atom is 0.125 e. The van der Waals surface area contributed by atoms with Gasteiger partial charge in [0, 0.05) is 16.4 Å². The number of thioether (sulfide) groups is 1. The Morgan fingerprint density at radius 3 is 2.38 bits per heavy atom. The van der Waals surface area contributed by atoms with Gasteiger partial charge in [-0.3, -0.25) is 0 Å². The lowest BCUT2D eigenvalue weighted by atomic mass is 9.97. The highest BCUT2D eigenvalue weighted by Gasteiger charge is 2.38. The molecule has 1 rings (SSSR count). The third-order valence-corrected chi connectivity index (χ3v) is 3.26. The second-order valence-electron chi connectivity index (χ2n) is 2.66. The highest BCUT2D eigenvalue weighted by atomic mass is 32.2. The first-order valence-corrected chi connectivity index (χ1v) is 3.74. The molecule has 2 heteroatoms. The molecule has 0 radical (unpaired) electrons. The van der Waals surface area contributed by atoms with Crippen LogP contribution in [0.5, 0.6) is 0 Å². The third-order valence-electron chi connectivity index (χ3n) is 1.69. The second-order valence-corrected chi connectivity index (χ2v) is 4.33. The molecule has 0 bridgehead atoms. The van der Waals surface area contributed by atoms with Crippen LogP contribution in [0.25, 0.3) is 0 Å². The summed E-state index contributed by atoms with van der Waals surface area (Å²) in [6.45, 7) is 4.22. The monoisotopic (exact) mass is 130 g/mol. The Hall–Kier alpha value is 0.0200. The lowest BCUT2D eigenvalue weighted by molar-refractivity contribution is -0.111. The molecule has 0 N–H and O–H groups in total. The Morgan fingerprint density at radius 1 is 1.75 bits per heavy atom. The van der Waals surface area contributed by atoms with Crippen molar-refractivity contribution in [2.24, 2.45) is 5.92 Å². The molecular weight excluding hydrogens is 120 g/mol. The molecule has 1 saturated heterocycles. The molecule has 46 valence electrons. The molecule has 0 saturated carbocycles. The van der Waals surface area contributed by atoms with E-state index in [0.717, 1.165) is 12.0 Å². The van der Waals surface area contributed by atoms with Gasteiger partial charge in [0.15, 0.2) is 0 Å². The first-order valence-electron chi connectivity index (χ1n) is 2.76. The molecule has 1 fully saturated rings. The largest absolute Gasteiger partial charge is 0.303 e. The number of carbonyl (C=O) groups is 1. The molecular formula is C6H10OS. The van der Waals surface area contributed by atoms with Crippen LogP contribution in [0.1, 0.15) is 13.8 Å². The Morgan fingerprint density at radius 2 is 2.38 bits per heavy atom. The van der Waals surface area contributed by atoms with Crippen LogP contribution < -0.4 is 0 Å². The van der Waals surface area contributed by atoms with Gasteiger partial charge in [0.1, 0.15) is 6.29 Å². The number of rotatable bonds is 1. The topological polar surface area (TPSA) is 17.1 Å². The zero-order valence-electron chi connectivity index (χ0n) is 5.18. The van der Waals surface area contributed by atoms with Gasteiger partial charge >= 0.3 is 0 Å². The molecule has 0 aromatic rings. The van der Waals surface area contributed by atoms with Gasteiger partial charge in [-0.25, -0.2) is 0 Å². The number of carbonyl (C=O) groups excluding carboxylic acids is 1. The van der Waals surface area contributed by atoms with E-state index in [1.807, 2.05) is 11.8 Å². The second kappa shape index (κ2) is 1.76. The van der Waals surface area contributed by atoms with Crippen molar-refractivity contribution in [3.8, 4) is 0 Å². The van der Waals surface area contributed by atoms with Crippen molar-refractivity contribution in [2.45, 2.75) is 18.6 Å². The average Bonchev–Trinajstić information content (AvgIpc) is 1.66. The number of hydrogen-bond donors (Lipinski definition) is 0. The van der Waals surface area contributed by atoms with Crippen LogP contribution in [0.3, 0.4) is 0 Å². The van der Waals surface area contributed by atoms with Gasteiger partial charge in [0.25, 0.3) is 0 Å². The predicted octanol–water partition coefficient (Wildman–Crippen LogP) is 1.33. The van der Waals surface area contributed by atoms with Crippen molar-refractivity contribution < 1.29 is 4.79 Å². The lowest BCUT2D eigenvalue weighted by Crippen LogP contribution is -2.40. The number of aldehydes is 1. The summed E-state index contributed by atoms with van der Waals surface area (Å²) < 4.78 is 0.238.